The molecule has 1 aromatic heterocycles. The normalized spacial score (nSPS) is 17.9. The molecule has 3 rings (SSSR count). The highest BCUT2D eigenvalue weighted by molar-refractivity contribution is 9.10. The summed E-state index contributed by atoms with van der Waals surface area (Å²) in [6.45, 7) is 1.84. The van der Waals surface area contributed by atoms with Crippen LogP contribution in [0.1, 0.15) is 16.8 Å². The summed E-state index contributed by atoms with van der Waals surface area (Å²) in [4.78, 5) is 14.3. The van der Waals surface area contributed by atoms with Crippen LogP contribution >= 0.6 is 15.9 Å². The number of likely N-dealkylation sites (N-methyl/N-ethyl adjacent to an activating group) is 1. The summed E-state index contributed by atoms with van der Waals surface area (Å²) in [6, 6.07) is 8.09. The lowest BCUT2D eigenvalue weighted by atomic mass is 10.2. The molecular formula is C15H17BrN4O. The molecule has 110 valence electrons. The fourth-order valence-electron chi connectivity index (χ4n) is 2.51. The highest BCUT2D eigenvalue weighted by atomic mass is 79.9. The third-order valence-corrected chi connectivity index (χ3v) is 4.35. The summed E-state index contributed by atoms with van der Waals surface area (Å²) in [7, 11) is 1.86. The fraction of sp³-hybridized carbons (Fsp3) is 0.333. The molecule has 21 heavy (non-hydrogen) atoms. The van der Waals surface area contributed by atoms with Gasteiger partial charge in [-0.15, -0.1) is 0 Å². The van der Waals surface area contributed by atoms with Crippen molar-refractivity contribution in [1.82, 2.24) is 20.0 Å². The van der Waals surface area contributed by atoms with E-state index in [9.17, 15) is 4.79 Å². The Labute approximate surface area is 132 Å². The van der Waals surface area contributed by atoms with Gasteiger partial charge in [0.15, 0.2) is 0 Å². The number of halogens is 1. The minimum atomic E-state index is 0.0204. The molecule has 0 radical (unpaired) electrons. The van der Waals surface area contributed by atoms with Crippen molar-refractivity contribution in [2.45, 2.75) is 12.5 Å². The monoisotopic (exact) mass is 348 g/mol. The standard InChI is InChI=1S/C15H17BrN4O/c1-19(14-6-7-17-9-14)15(21)11-8-18-20(10-11)13-4-2-12(16)3-5-13/h2-5,8,10,14,17H,6-7,9H2,1H3. The Bertz CT molecular complexity index is 631. The van der Waals surface area contributed by atoms with Crippen LogP contribution in [0.3, 0.4) is 0 Å². The molecule has 1 N–H and O–H groups in total. The van der Waals surface area contributed by atoms with Crippen LogP contribution in [-0.4, -0.2) is 46.8 Å². The Balaban J connectivity index is 1.77. The predicted molar refractivity (Wildman–Crippen MR) is 84.6 cm³/mol. The smallest absolute Gasteiger partial charge is 0.257 e. The first-order chi connectivity index (χ1) is 10.1. The van der Waals surface area contributed by atoms with Crippen LogP contribution in [-0.2, 0) is 0 Å². The lowest BCUT2D eigenvalue weighted by Gasteiger charge is -2.22. The third kappa shape index (κ3) is 3.01. The predicted octanol–water partition coefficient (Wildman–Crippen LogP) is 2.07. The van der Waals surface area contributed by atoms with E-state index in [1.807, 2.05) is 36.2 Å². The maximum absolute atomic E-state index is 12.5. The fourth-order valence-corrected chi connectivity index (χ4v) is 2.77. The van der Waals surface area contributed by atoms with Gasteiger partial charge < -0.3 is 10.2 Å². The van der Waals surface area contributed by atoms with Crippen LogP contribution in [0.4, 0.5) is 0 Å². The zero-order chi connectivity index (χ0) is 14.8. The molecule has 1 unspecified atom stereocenters. The highest BCUT2D eigenvalue weighted by Gasteiger charge is 2.24. The van der Waals surface area contributed by atoms with Crippen molar-refractivity contribution in [3.05, 3.63) is 46.7 Å². The van der Waals surface area contributed by atoms with E-state index in [1.54, 1.807) is 17.1 Å². The van der Waals surface area contributed by atoms with Crippen LogP contribution < -0.4 is 5.32 Å². The van der Waals surface area contributed by atoms with Gasteiger partial charge in [0.2, 0.25) is 0 Å². The lowest BCUT2D eigenvalue weighted by molar-refractivity contribution is 0.0744. The number of amides is 1. The van der Waals surface area contributed by atoms with Crippen molar-refractivity contribution in [1.29, 1.82) is 0 Å². The summed E-state index contributed by atoms with van der Waals surface area (Å²) in [5.74, 6) is 0.0204. The molecule has 1 atom stereocenters. The average Bonchev–Trinajstić information content (AvgIpc) is 3.18. The van der Waals surface area contributed by atoms with Crippen molar-refractivity contribution < 1.29 is 4.79 Å². The molecule has 1 fully saturated rings. The highest BCUT2D eigenvalue weighted by Crippen LogP contribution is 2.15. The Morgan fingerprint density at radius 2 is 2.19 bits per heavy atom. The van der Waals surface area contributed by atoms with E-state index in [1.165, 1.54) is 0 Å². The molecule has 0 spiro atoms. The van der Waals surface area contributed by atoms with Crippen molar-refractivity contribution >= 4 is 21.8 Å². The first kappa shape index (κ1) is 14.3. The van der Waals surface area contributed by atoms with Crippen LogP contribution in [0, 0.1) is 0 Å². The van der Waals surface area contributed by atoms with Crippen LogP contribution in [0.5, 0.6) is 0 Å². The second-order valence-electron chi connectivity index (χ2n) is 5.21. The van der Waals surface area contributed by atoms with Crippen LogP contribution in [0.2, 0.25) is 0 Å². The maximum Gasteiger partial charge on any atom is 0.257 e. The molecule has 6 heteroatoms. The third-order valence-electron chi connectivity index (χ3n) is 3.82. The van der Waals surface area contributed by atoms with Gasteiger partial charge in [-0.25, -0.2) is 4.68 Å². The van der Waals surface area contributed by atoms with E-state index in [0.29, 0.717) is 5.56 Å². The number of rotatable bonds is 3. The van der Waals surface area contributed by atoms with Gasteiger partial charge >= 0.3 is 0 Å². The van der Waals surface area contributed by atoms with Gasteiger partial charge in [0, 0.05) is 30.3 Å². The Morgan fingerprint density at radius 3 is 2.86 bits per heavy atom. The molecule has 1 aliphatic heterocycles. The Morgan fingerprint density at radius 1 is 1.43 bits per heavy atom. The second kappa shape index (κ2) is 5.99. The number of hydrogen-bond acceptors (Lipinski definition) is 3. The molecule has 0 aliphatic carbocycles. The summed E-state index contributed by atoms with van der Waals surface area (Å²) in [6.07, 6.45) is 4.41. The Hall–Kier alpha value is -1.66. The molecule has 2 heterocycles. The summed E-state index contributed by atoms with van der Waals surface area (Å²) < 4.78 is 2.74. The quantitative estimate of drug-likeness (QED) is 0.923. The summed E-state index contributed by atoms with van der Waals surface area (Å²) >= 11 is 3.41. The first-order valence-electron chi connectivity index (χ1n) is 6.93. The molecule has 1 saturated heterocycles. The lowest BCUT2D eigenvalue weighted by Crippen LogP contribution is -2.38. The topological polar surface area (TPSA) is 50.2 Å². The van der Waals surface area contributed by atoms with Gasteiger partial charge in [-0.1, -0.05) is 15.9 Å². The van der Waals surface area contributed by atoms with E-state index in [2.05, 4.69) is 26.3 Å². The minimum Gasteiger partial charge on any atom is -0.337 e. The van der Waals surface area contributed by atoms with E-state index >= 15 is 0 Å². The SMILES string of the molecule is CN(C(=O)c1cnn(-c2ccc(Br)cc2)c1)C1CCNC1. The van der Waals surface area contributed by atoms with Gasteiger partial charge in [-0.05, 0) is 37.2 Å². The largest absolute Gasteiger partial charge is 0.337 e. The number of aromatic nitrogens is 2. The van der Waals surface area contributed by atoms with Crippen LogP contribution in [0.15, 0.2) is 41.1 Å². The number of carbonyl (C=O) groups excluding carboxylic acids is 1. The summed E-state index contributed by atoms with van der Waals surface area (Å²) in [5.41, 5.74) is 1.55. The van der Waals surface area contributed by atoms with Gasteiger partial charge in [0.1, 0.15) is 0 Å². The molecule has 1 aliphatic rings. The molecule has 1 aromatic carbocycles. The molecule has 1 amide bonds. The van der Waals surface area contributed by atoms with Gasteiger partial charge in [0.05, 0.1) is 17.4 Å². The van der Waals surface area contributed by atoms with E-state index < -0.39 is 0 Å². The van der Waals surface area contributed by atoms with Crippen LogP contribution in [0.25, 0.3) is 5.69 Å². The van der Waals surface area contributed by atoms with Crippen molar-refractivity contribution in [2.24, 2.45) is 0 Å². The number of carbonyl (C=O) groups is 1. The number of hydrogen-bond donors (Lipinski definition) is 1. The first-order valence-corrected chi connectivity index (χ1v) is 7.73. The molecular weight excluding hydrogens is 332 g/mol. The van der Waals surface area contributed by atoms with Gasteiger partial charge in [-0.3, -0.25) is 4.79 Å². The van der Waals surface area contributed by atoms with Crippen molar-refractivity contribution in [2.75, 3.05) is 20.1 Å². The zero-order valence-corrected chi connectivity index (χ0v) is 13.4. The van der Waals surface area contributed by atoms with E-state index in [0.717, 1.165) is 29.7 Å². The van der Waals surface area contributed by atoms with Crippen molar-refractivity contribution in [3.8, 4) is 5.69 Å². The Kier molecular flexibility index (Phi) is 4.07. The average molecular weight is 349 g/mol. The molecule has 0 bridgehead atoms. The number of nitrogens with zero attached hydrogens (tertiary/aromatic N) is 3. The van der Waals surface area contributed by atoms with E-state index in [-0.39, 0.29) is 11.9 Å². The second-order valence-corrected chi connectivity index (χ2v) is 6.13. The minimum absolute atomic E-state index is 0.0204. The molecule has 0 saturated carbocycles. The van der Waals surface area contributed by atoms with Gasteiger partial charge in [-0.2, -0.15) is 5.10 Å². The molecule has 2 aromatic rings. The maximum atomic E-state index is 12.5. The summed E-state index contributed by atoms with van der Waals surface area (Å²) in [5, 5.41) is 7.56. The zero-order valence-electron chi connectivity index (χ0n) is 11.8. The number of benzene rings is 1. The number of nitrogens with one attached hydrogen (secondary N) is 1. The van der Waals surface area contributed by atoms with Gasteiger partial charge in [0.25, 0.3) is 5.91 Å². The molecule has 5 nitrogen and oxygen atoms in total. The van der Waals surface area contributed by atoms with E-state index in [4.69, 9.17) is 0 Å². The van der Waals surface area contributed by atoms with Crippen molar-refractivity contribution in [3.63, 3.8) is 0 Å².